The second-order valence-electron chi connectivity index (χ2n) is 7.86. The molecule has 0 spiro atoms. The lowest BCUT2D eigenvalue weighted by molar-refractivity contribution is 0.302. The summed E-state index contributed by atoms with van der Waals surface area (Å²) in [5.41, 5.74) is 2.00. The predicted octanol–water partition coefficient (Wildman–Crippen LogP) is 1.26. The van der Waals surface area contributed by atoms with Crippen LogP contribution in [0.25, 0.3) is 0 Å². The normalized spacial score (nSPS) is 23.0. The highest BCUT2D eigenvalue weighted by molar-refractivity contribution is 5.41. The van der Waals surface area contributed by atoms with Crippen LogP contribution < -0.4 is 10.5 Å². The minimum atomic E-state index is -0.0618. The van der Waals surface area contributed by atoms with Crippen LogP contribution in [-0.4, -0.2) is 50.8 Å². The van der Waals surface area contributed by atoms with Crippen LogP contribution in [0.1, 0.15) is 31.2 Å². The molecule has 2 aliphatic rings. The minimum Gasteiger partial charge on any atom is -0.356 e. The van der Waals surface area contributed by atoms with E-state index in [1.165, 1.54) is 4.68 Å². The maximum Gasteiger partial charge on any atom is 0.266 e. The number of likely N-dealkylation sites (tertiary alicyclic amines) is 1. The second-order valence-corrected chi connectivity index (χ2v) is 7.86. The standard InChI is InChI=1S/C19H26N6O/c1-13(2)17-6-18(21-12-20-17)25-9-14-7-24(8-15(14)10-25)11-16-4-5-19(26)23(3)22-16/h4-6,12-15H,7-11H2,1-3H3. The summed E-state index contributed by atoms with van der Waals surface area (Å²) < 4.78 is 1.41. The van der Waals surface area contributed by atoms with Crippen molar-refractivity contribution in [2.24, 2.45) is 18.9 Å². The number of hydrogen-bond donors (Lipinski definition) is 0. The van der Waals surface area contributed by atoms with E-state index >= 15 is 0 Å². The quantitative estimate of drug-likeness (QED) is 0.824. The Morgan fingerprint density at radius 1 is 1.12 bits per heavy atom. The minimum absolute atomic E-state index is 0.0618. The summed E-state index contributed by atoms with van der Waals surface area (Å²) in [6.07, 6.45) is 1.69. The van der Waals surface area contributed by atoms with Crippen molar-refractivity contribution in [3.63, 3.8) is 0 Å². The summed E-state index contributed by atoms with van der Waals surface area (Å²) in [6, 6.07) is 5.58. The van der Waals surface area contributed by atoms with Crippen molar-refractivity contribution in [3.8, 4) is 0 Å². The monoisotopic (exact) mass is 354 g/mol. The summed E-state index contributed by atoms with van der Waals surface area (Å²) >= 11 is 0. The molecule has 7 heteroatoms. The number of rotatable bonds is 4. The molecule has 138 valence electrons. The van der Waals surface area contributed by atoms with Crippen molar-refractivity contribution in [1.82, 2.24) is 24.6 Å². The molecule has 2 saturated heterocycles. The molecule has 4 heterocycles. The van der Waals surface area contributed by atoms with Crippen LogP contribution >= 0.6 is 0 Å². The van der Waals surface area contributed by atoms with E-state index in [1.54, 1.807) is 19.4 Å². The van der Waals surface area contributed by atoms with E-state index in [4.69, 9.17) is 0 Å². The van der Waals surface area contributed by atoms with E-state index in [0.717, 1.165) is 49.9 Å². The fourth-order valence-corrected chi connectivity index (χ4v) is 4.12. The molecule has 4 rings (SSSR count). The van der Waals surface area contributed by atoms with Gasteiger partial charge in [-0.25, -0.2) is 14.6 Å². The molecule has 0 radical (unpaired) electrons. The van der Waals surface area contributed by atoms with Gasteiger partial charge in [0.15, 0.2) is 0 Å². The summed E-state index contributed by atoms with van der Waals surface area (Å²) in [6.45, 7) is 9.40. The van der Waals surface area contributed by atoms with Gasteiger partial charge in [0.1, 0.15) is 12.1 Å². The van der Waals surface area contributed by atoms with Crippen molar-refractivity contribution in [1.29, 1.82) is 0 Å². The van der Waals surface area contributed by atoms with E-state index < -0.39 is 0 Å². The Balaban J connectivity index is 1.39. The van der Waals surface area contributed by atoms with E-state index in [1.807, 2.05) is 6.07 Å². The van der Waals surface area contributed by atoms with Gasteiger partial charge < -0.3 is 4.90 Å². The molecule has 2 fully saturated rings. The molecule has 2 aliphatic heterocycles. The number of hydrogen-bond acceptors (Lipinski definition) is 6. The molecule has 2 aromatic rings. The highest BCUT2D eigenvalue weighted by Gasteiger charge is 2.40. The molecule has 2 unspecified atom stereocenters. The van der Waals surface area contributed by atoms with Gasteiger partial charge in [0.2, 0.25) is 0 Å². The summed E-state index contributed by atoms with van der Waals surface area (Å²) in [5, 5.41) is 4.35. The average molecular weight is 354 g/mol. The SMILES string of the molecule is CC(C)c1cc(N2CC3CN(Cc4ccc(=O)n(C)n4)CC3C2)ncn1. The lowest BCUT2D eigenvalue weighted by Gasteiger charge is -2.22. The van der Waals surface area contributed by atoms with Crippen molar-refractivity contribution in [2.75, 3.05) is 31.1 Å². The Bertz CT molecular complexity index is 834. The van der Waals surface area contributed by atoms with Gasteiger partial charge in [-0.3, -0.25) is 9.69 Å². The Morgan fingerprint density at radius 3 is 2.50 bits per heavy atom. The van der Waals surface area contributed by atoms with Crippen molar-refractivity contribution in [3.05, 3.63) is 46.3 Å². The van der Waals surface area contributed by atoms with E-state index in [-0.39, 0.29) is 5.56 Å². The van der Waals surface area contributed by atoms with Gasteiger partial charge in [-0.05, 0) is 23.8 Å². The van der Waals surface area contributed by atoms with Crippen LogP contribution in [-0.2, 0) is 13.6 Å². The zero-order chi connectivity index (χ0) is 18.3. The van der Waals surface area contributed by atoms with Crippen LogP contribution in [0, 0.1) is 11.8 Å². The van der Waals surface area contributed by atoms with Gasteiger partial charge >= 0.3 is 0 Å². The molecular formula is C19H26N6O. The third kappa shape index (κ3) is 3.35. The molecule has 2 aromatic heterocycles. The molecule has 0 amide bonds. The van der Waals surface area contributed by atoms with E-state index in [2.05, 4.69) is 44.8 Å². The third-order valence-electron chi connectivity index (χ3n) is 5.55. The van der Waals surface area contributed by atoms with Crippen LogP contribution in [0.2, 0.25) is 0 Å². The lowest BCUT2D eigenvalue weighted by Crippen LogP contribution is -2.30. The number of anilines is 1. The highest BCUT2D eigenvalue weighted by atomic mass is 16.1. The first kappa shape index (κ1) is 17.1. The lowest BCUT2D eigenvalue weighted by atomic mass is 10.0. The van der Waals surface area contributed by atoms with Gasteiger partial charge in [0.25, 0.3) is 5.56 Å². The molecule has 7 nitrogen and oxygen atoms in total. The van der Waals surface area contributed by atoms with Gasteiger partial charge in [-0.2, -0.15) is 5.10 Å². The Morgan fingerprint density at radius 2 is 1.85 bits per heavy atom. The van der Waals surface area contributed by atoms with Gasteiger partial charge in [0, 0.05) is 57.6 Å². The summed E-state index contributed by atoms with van der Waals surface area (Å²) in [5.74, 6) is 2.81. The Kier molecular flexibility index (Phi) is 4.48. The average Bonchev–Trinajstić information content (AvgIpc) is 3.17. The first-order valence-electron chi connectivity index (χ1n) is 9.32. The highest BCUT2D eigenvalue weighted by Crippen LogP contribution is 2.34. The summed E-state index contributed by atoms with van der Waals surface area (Å²) in [4.78, 5) is 25.2. The first-order chi connectivity index (χ1) is 12.5. The largest absolute Gasteiger partial charge is 0.356 e. The summed E-state index contributed by atoms with van der Waals surface area (Å²) in [7, 11) is 1.70. The van der Waals surface area contributed by atoms with Crippen LogP contribution in [0.5, 0.6) is 0 Å². The maximum absolute atomic E-state index is 11.5. The van der Waals surface area contributed by atoms with Crippen LogP contribution in [0.15, 0.2) is 29.3 Å². The molecule has 0 bridgehead atoms. The maximum atomic E-state index is 11.5. The van der Waals surface area contributed by atoms with Crippen molar-refractivity contribution < 1.29 is 0 Å². The van der Waals surface area contributed by atoms with Gasteiger partial charge in [-0.1, -0.05) is 13.8 Å². The molecule has 26 heavy (non-hydrogen) atoms. The zero-order valence-electron chi connectivity index (χ0n) is 15.7. The number of aromatic nitrogens is 4. The molecule has 2 atom stereocenters. The van der Waals surface area contributed by atoms with E-state index in [0.29, 0.717) is 17.8 Å². The molecule has 0 aliphatic carbocycles. The second kappa shape index (κ2) is 6.79. The molecule has 0 N–H and O–H groups in total. The zero-order valence-corrected chi connectivity index (χ0v) is 15.7. The number of fused-ring (bicyclic) bond motifs is 1. The Hall–Kier alpha value is -2.28. The van der Waals surface area contributed by atoms with Gasteiger partial charge in [-0.15, -0.1) is 0 Å². The molecule has 0 saturated carbocycles. The smallest absolute Gasteiger partial charge is 0.266 e. The fourth-order valence-electron chi connectivity index (χ4n) is 4.12. The predicted molar refractivity (Wildman–Crippen MR) is 100 cm³/mol. The van der Waals surface area contributed by atoms with Crippen molar-refractivity contribution >= 4 is 5.82 Å². The molecule has 0 aromatic carbocycles. The number of nitrogens with zero attached hydrogens (tertiary/aromatic N) is 6. The van der Waals surface area contributed by atoms with Crippen molar-refractivity contribution in [2.45, 2.75) is 26.3 Å². The molecular weight excluding hydrogens is 328 g/mol. The third-order valence-corrected chi connectivity index (χ3v) is 5.55. The Labute approximate surface area is 153 Å². The first-order valence-corrected chi connectivity index (χ1v) is 9.32. The van der Waals surface area contributed by atoms with Crippen LogP contribution in [0.4, 0.5) is 5.82 Å². The number of aryl methyl sites for hydroxylation is 1. The van der Waals surface area contributed by atoms with Crippen LogP contribution in [0.3, 0.4) is 0 Å². The topological polar surface area (TPSA) is 67.2 Å². The van der Waals surface area contributed by atoms with E-state index in [9.17, 15) is 4.79 Å². The van der Waals surface area contributed by atoms with Gasteiger partial charge in [0.05, 0.1) is 5.69 Å². The fraction of sp³-hybridized carbons (Fsp3) is 0.579.